The van der Waals surface area contributed by atoms with E-state index in [-0.39, 0.29) is 0 Å². The first-order valence-electron chi connectivity index (χ1n) is 3.27. The largest absolute Gasteiger partial charge is 0.462 e. The summed E-state index contributed by atoms with van der Waals surface area (Å²) in [7, 11) is 1.17. The molecule has 0 spiro atoms. The summed E-state index contributed by atoms with van der Waals surface area (Å²) in [6.07, 6.45) is 0. The molecule has 11 heavy (non-hydrogen) atoms. The number of rotatable bonds is 0. The molecule has 0 atom stereocenters. The highest BCUT2D eigenvalue weighted by Gasteiger charge is 2.19. The summed E-state index contributed by atoms with van der Waals surface area (Å²) >= 11 is 0. The monoisotopic (exact) mass is 159 g/mol. The maximum absolute atomic E-state index is 10.8. The number of carbonyl (C=O) groups is 2. The summed E-state index contributed by atoms with van der Waals surface area (Å²) in [6, 6.07) is 0. The quantitative estimate of drug-likeness (QED) is 0.402. The highest BCUT2D eigenvalue weighted by molar-refractivity contribution is 6.32. The lowest BCUT2D eigenvalue weighted by molar-refractivity contribution is -0.153. The van der Waals surface area contributed by atoms with Gasteiger partial charge < -0.3 is 10.1 Å². The number of ether oxygens (including phenoxy) is 1. The van der Waals surface area contributed by atoms with Gasteiger partial charge in [0, 0.05) is 5.54 Å². The van der Waals surface area contributed by atoms with Crippen LogP contribution in [0.15, 0.2) is 0 Å². The van der Waals surface area contributed by atoms with Crippen LogP contribution in [0.4, 0.5) is 0 Å². The van der Waals surface area contributed by atoms with Crippen LogP contribution in [0.2, 0.25) is 0 Å². The zero-order valence-corrected chi connectivity index (χ0v) is 7.22. The number of carbonyl (C=O) groups excluding carboxylic acids is 2. The highest BCUT2D eigenvalue weighted by atomic mass is 16.5. The Balaban J connectivity index is 3.99. The Morgan fingerprint density at radius 1 is 1.27 bits per heavy atom. The van der Waals surface area contributed by atoms with Crippen molar-refractivity contribution in [3.63, 3.8) is 0 Å². The smallest absolute Gasteiger partial charge is 0.396 e. The van der Waals surface area contributed by atoms with Gasteiger partial charge in [-0.05, 0) is 20.8 Å². The van der Waals surface area contributed by atoms with Gasteiger partial charge in [-0.1, -0.05) is 0 Å². The molecule has 0 aromatic rings. The minimum absolute atomic E-state index is 0.398. The van der Waals surface area contributed by atoms with Crippen molar-refractivity contribution in [2.24, 2.45) is 0 Å². The fourth-order valence-corrected chi connectivity index (χ4v) is 0.484. The van der Waals surface area contributed by atoms with Crippen LogP contribution >= 0.6 is 0 Å². The molecule has 0 heterocycles. The van der Waals surface area contributed by atoms with Crippen molar-refractivity contribution in [3.05, 3.63) is 0 Å². The summed E-state index contributed by atoms with van der Waals surface area (Å²) in [5, 5.41) is 2.46. The van der Waals surface area contributed by atoms with Gasteiger partial charge in [0.1, 0.15) is 0 Å². The molecule has 0 unspecified atom stereocenters. The Morgan fingerprint density at radius 3 is 2.00 bits per heavy atom. The van der Waals surface area contributed by atoms with Gasteiger partial charge in [0.15, 0.2) is 0 Å². The number of hydrogen-bond acceptors (Lipinski definition) is 3. The summed E-state index contributed by atoms with van der Waals surface area (Å²) in [5.74, 6) is -1.57. The average Bonchev–Trinajstić information content (AvgIpc) is 1.82. The molecule has 0 aromatic carbocycles. The van der Waals surface area contributed by atoms with E-state index in [0.29, 0.717) is 0 Å². The van der Waals surface area contributed by atoms with Crippen LogP contribution in [-0.2, 0) is 14.3 Å². The molecule has 0 aliphatic rings. The number of methoxy groups -OCH3 is 1. The Bertz CT molecular complexity index is 169. The zero-order chi connectivity index (χ0) is 9.07. The number of esters is 1. The molecular weight excluding hydrogens is 146 g/mol. The Labute approximate surface area is 65.9 Å². The van der Waals surface area contributed by atoms with Crippen LogP contribution < -0.4 is 5.32 Å². The van der Waals surface area contributed by atoms with Gasteiger partial charge in [-0.15, -0.1) is 0 Å². The normalized spacial score (nSPS) is 10.5. The fourth-order valence-electron chi connectivity index (χ4n) is 0.484. The molecule has 4 nitrogen and oxygen atoms in total. The van der Waals surface area contributed by atoms with E-state index in [9.17, 15) is 9.59 Å². The molecule has 0 radical (unpaired) electrons. The molecule has 4 heteroatoms. The van der Waals surface area contributed by atoms with E-state index < -0.39 is 17.4 Å². The summed E-state index contributed by atoms with van der Waals surface area (Å²) in [5.41, 5.74) is -0.398. The lowest BCUT2D eigenvalue weighted by atomic mass is 10.1. The van der Waals surface area contributed by atoms with E-state index in [4.69, 9.17) is 0 Å². The minimum Gasteiger partial charge on any atom is -0.462 e. The lowest BCUT2D eigenvalue weighted by Crippen LogP contribution is -2.44. The predicted molar refractivity (Wildman–Crippen MR) is 39.9 cm³/mol. The van der Waals surface area contributed by atoms with Crippen molar-refractivity contribution in [2.45, 2.75) is 26.3 Å². The Hall–Kier alpha value is -1.06. The summed E-state index contributed by atoms with van der Waals surface area (Å²) in [6.45, 7) is 5.36. The SMILES string of the molecule is COC(=O)C(=O)NC(C)(C)C. The van der Waals surface area contributed by atoms with Crippen LogP contribution in [0.5, 0.6) is 0 Å². The predicted octanol–water partition coefficient (Wildman–Crippen LogP) is 0.0741. The van der Waals surface area contributed by atoms with E-state index in [2.05, 4.69) is 10.1 Å². The lowest BCUT2D eigenvalue weighted by Gasteiger charge is -2.18. The van der Waals surface area contributed by atoms with Gasteiger partial charge in [0.05, 0.1) is 7.11 Å². The number of amides is 1. The maximum Gasteiger partial charge on any atom is 0.396 e. The number of hydrogen-bond donors (Lipinski definition) is 1. The molecule has 1 N–H and O–H groups in total. The first kappa shape index (κ1) is 9.94. The molecule has 64 valence electrons. The van der Waals surface area contributed by atoms with Gasteiger partial charge in [0.2, 0.25) is 0 Å². The molecule has 0 aliphatic heterocycles. The van der Waals surface area contributed by atoms with Crippen molar-refractivity contribution in [2.75, 3.05) is 7.11 Å². The van der Waals surface area contributed by atoms with Crippen LogP contribution in [0.1, 0.15) is 20.8 Å². The molecule has 0 rings (SSSR count). The van der Waals surface area contributed by atoms with Crippen LogP contribution in [0, 0.1) is 0 Å². The van der Waals surface area contributed by atoms with Gasteiger partial charge in [-0.3, -0.25) is 4.79 Å². The third kappa shape index (κ3) is 4.36. The molecule has 0 aromatic heterocycles. The molecular formula is C7H13NO3. The van der Waals surface area contributed by atoms with E-state index in [1.807, 2.05) is 0 Å². The van der Waals surface area contributed by atoms with E-state index in [1.54, 1.807) is 20.8 Å². The average molecular weight is 159 g/mol. The van der Waals surface area contributed by atoms with Gasteiger partial charge >= 0.3 is 11.9 Å². The first-order valence-corrected chi connectivity index (χ1v) is 3.27. The summed E-state index contributed by atoms with van der Waals surface area (Å²) in [4.78, 5) is 21.4. The van der Waals surface area contributed by atoms with Gasteiger partial charge in [-0.25, -0.2) is 4.79 Å². The topological polar surface area (TPSA) is 55.4 Å². The van der Waals surface area contributed by atoms with Crippen LogP contribution in [-0.4, -0.2) is 24.5 Å². The summed E-state index contributed by atoms with van der Waals surface area (Å²) < 4.78 is 4.21. The van der Waals surface area contributed by atoms with E-state index in [0.717, 1.165) is 0 Å². The second kappa shape index (κ2) is 3.37. The zero-order valence-electron chi connectivity index (χ0n) is 7.22. The molecule has 1 amide bonds. The Morgan fingerprint density at radius 2 is 1.73 bits per heavy atom. The van der Waals surface area contributed by atoms with Crippen LogP contribution in [0.25, 0.3) is 0 Å². The second-order valence-electron chi connectivity index (χ2n) is 3.20. The molecule has 0 saturated carbocycles. The third-order valence-corrected chi connectivity index (χ3v) is 0.859. The van der Waals surface area contributed by atoms with Crippen molar-refractivity contribution < 1.29 is 14.3 Å². The number of nitrogens with one attached hydrogen (secondary N) is 1. The third-order valence-electron chi connectivity index (χ3n) is 0.859. The minimum atomic E-state index is -0.861. The van der Waals surface area contributed by atoms with Crippen molar-refractivity contribution in [1.29, 1.82) is 0 Å². The molecule has 0 bridgehead atoms. The van der Waals surface area contributed by atoms with Crippen LogP contribution in [0.3, 0.4) is 0 Å². The Kier molecular flexibility index (Phi) is 3.04. The first-order chi connectivity index (χ1) is 4.87. The van der Waals surface area contributed by atoms with E-state index in [1.165, 1.54) is 7.11 Å². The fraction of sp³-hybridized carbons (Fsp3) is 0.714. The van der Waals surface area contributed by atoms with Gasteiger partial charge in [-0.2, -0.15) is 0 Å². The van der Waals surface area contributed by atoms with Crippen molar-refractivity contribution in [1.82, 2.24) is 5.32 Å². The van der Waals surface area contributed by atoms with Crippen molar-refractivity contribution >= 4 is 11.9 Å². The highest BCUT2D eigenvalue weighted by Crippen LogP contribution is 1.97. The molecule has 0 aliphatic carbocycles. The molecule has 0 fully saturated rings. The molecule has 0 saturated heterocycles. The maximum atomic E-state index is 10.8. The van der Waals surface area contributed by atoms with Crippen molar-refractivity contribution in [3.8, 4) is 0 Å². The van der Waals surface area contributed by atoms with E-state index >= 15 is 0 Å². The second-order valence-corrected chi connectivity index (χ2v) is 3.20. The standard InChI is InChI=1S/C7H13NO3/c1-7(2,3)8-5(9)6(10)11-4/h1-4H3,(H,8,9). The van der Waals surface area contributed by atoms with Gasteiger partial charge in [0.25, 0.3) is 0 Å².